The maximum absolute atomic E-state index is 12.5. The van der Waals surface area contributed by atoms with Crippen LogP contribution in [0.1, 0.15) is 16.8 Å². The molecule has 0 saturated heterocycles. The Labute approximate surface area is 142 Å². The summed E-state index contributed by atoms with van der Waals surface area (Å²) in [7, 11) is -3.54. The van der Waals surface area contributed by atoms with Crippen LogP contribution in [0.2, 0.25) is 0 Å². The molecule has 9 heteroatoms. The van der Waals surface area contributed by atoms with Crippen molar-refractivity contribution in [1.82, 2.24) is 15.0 Å². The fourth-order valence-corrected chi connectivity index (χ4v) is 3.45. The highest BCUT2D eigenvalue weighted by atomic mass is 32.2. The van der Waals surface area contributed by atoms with Gasteiger partial charge in [-0.2, -0.15) is 0 Å². The van der Waals surface area contributed by atoms with Gasteiger partial charge in [-0.05, 0) is 43.2 Å². The van der Waals surface area contributed by atoms with Crippen LogP contribution < -0.4 is 0 Å². The van der Waals surface area contributed by atoms with Crippen LogP contribution >= 0.6 is 0 Å². The van der Waals surface area contributed by atoms with E-state index in [1.54, 1.807) is 18.3 Å². The third kappa shape index (κ3) is 4.66. The molecule has 0 fully saturated rings. The molecule has 25 heavy (non-hydrogen) atoms. The van der Waals surface area contributed by atoms with Gasteiger partial charge in [-0.25, -0.2) is 18.2 Å². The normalized spacial score (nSPS) is 11.0. The van der Waals surface area contributed by atoms with E-state index in [9.17, 15) is 17.2 Å². The molecule has 0 saturated carbocycles. The summed E-state index contributed by atoms with van der Waals surface area (Å²) in [5.74, 6) is -0.152. The van der Waals surface area contributed by atoms with E-state index >= 15 is 0 Å². The highest BCUT2D eigenvalue weighted by molar-refractivity contribution is 7.90. The second kappa shape index (κ2) is 7.47. The number of aryl methyl sites for hydroxylation is 1. The van der Waals surface area contributed by atoms with Gasteiger partial charge in [0.2, 0.25) is 15.0 Å². The number of pyridine rings is 1. The molecule has 0 radical (unpaired) electrons. The number of sulfone groups is 1. The molecule has 2 heterocycles. The van der Waals surface area contributed by atoms with Crippen LogP contribution in [-0.4, -0.2) is 29.7 Å². The second-order valence-corrected chi connectivity index (χ2v) is 7.15. The number of halogens is 2. The first-order valence-corrected chi connectivity index (χ1v) is 8.79. The van der Waals surface area contributed by atoms with E-state index in [0.717, 1.165) is 11.1 Å². The van der Waals surface area contributed by atoms with Crippen LogP contribution in [0.5, 0.6) is 0 Å². The van der Waals surface area contributed by atoms with E-state index in [1.807, 2.05) is 32.0 Å². The lowest BCUT2D eigenvalue weighted by molar-refractivity contribution is 0.199. The Balaban J connectivity index is 0.000000511. The molecule has 0 aliphatic carbocycles. The number of para-hydroxylation sites is 2. The van der Waals surface area contributed by atoms with Crippen molar-refractivity contribution in [3.63, 3.8) is 0 Å². The number of aromatic nitrogens is 3. The maximum Gasteiger partial charge on any atom is 0.483 e. The van der Waals surface area contributed by atoms with Crippen LogP contribution in [0.15, 0.2) is 41.7 Å². The number of rotatable bonds is 3. The lowest BCUT2D eigenvalue weighted by Crippen LogP contribution is -2.10. The molecule has 6 nitrogen and oxygen atoms in total. The number of fused-ring (bicyclic) bond motifs is 1. The number of nitrogens with zero attached hydrogens (tertiary/aromatic N) is 2. The van der Waals surface area contributed by atoms with Crippen LogP contribution in [-0.2, 0) is 15.6 Å². The van der Waals surface area contributed by atoms with Gasteiger partial charge >= 0.3 is 6.29 Å². The van der Waals surface area contributed by atoms with E-state index in [4.69, 9.17) is 4.79 Å². The molecule has 0 bridgehead atoms. The molecule has 0 unspecified atom stereocenters. The average molecular weight is 367 g/mol. The maximum atomic E-state index is 12.5. The first kappa shape index (κ1) is 18.7. The molecule has 0 spiro atoms. The van der Waals surface area contributed by atoms with E-state index in [0.29, 0.717) is 16.7 Å². The highest BCUT2D eigenvalue weighted by Crippen LogP contribution is 2.19. The van der Waals surface area contributed by atoms with Crippen molar-refractivity contribution in [2.45, 2.75) is 24.8 Å². The number of carbonyl (C=O) groups is 1. The topological polar surface area (TPSA) is 92.8 Å². The summed E-state index contributed by atoms with van der Waals surface area (Å²) in [5, 5.41) is -0.00796. The molecule has 3 rings (SSSR count). The summed E-state index contributed by atoms with van der Waals surface area (Å²) in [6.45, 7) is 3.82. The van der Waals surface area contributed by atoms with Crippen molar-refractivity contribution >= 4 is 27.2 Å². The van der Waals surface area contributed by atoms with Crippen molar-refractivity contribution in [2.75, 3.05) is 0 Å². The molecule has 0 aliphatic rings. The molecule has 0 aliphatic heterocycles. The number of aromatic amines is 1. The Kier molecular flexibility index (Phi) is 5.58. The molecule has 1 N–H and O–H groups in total. The van der Waals surface area contributed by atoms with E-state index < -0.39 is 16.1 Å². The van der Waals surface area contributed by atoms with E-state index in [1.165, 1.54) is 0 Å². The van der Waals surface area contributed by atoms with Gasteiger partial charge in [0.15, 0.2) is 0 Å². The summed E-state index contributed by atoms with van der Waals surface area (Å²) in [5.41, 5.74) is 3.85. The third-order valence-electron chi connectivity index (χ3n) is 3.57. The number of hydrogen-bond acceptors (Lipinski definition) is 5. The summed E-state index contributed by atoms with van der Waals surface area (Å²) < 4.78 is 44.4. The first-order chi connectivity index (χ1) is 11.7. The number of hydrogen-bond donors (Lipinski definition) is 1. The summed E-state index contributed by atoms with van der Waals surface area (Å²) in [4.78, 5) is 19.3. The number of H-pyrrole nitrogens is 1. The van der Waals surface area contributed by atoms with Crippen molar-refractivity contribution in [1.29, 1.82) is 0 Å². The summed E-state index contributed by atoms with van der Waals surface area (Å²) in [6, 6.07) is 9.11. The molecule has 1 aromatic carbocycles. The number of nitrogens with one attached hydrogen (secondary N) is 1. The zero-order valence-electron chi connectivity index (χ0n) is 13.5. The van der Waals surface area contributed by atoms with Crippen LogP contribution in [0.3, 0.4) is 0 Å². The Hall–Kier alpha value is -2.68. The number of benzene rings is 1. The summed E-state index contributed by atoms with van der Waals surface area (Å²) >= 11 is 0. The lowest BCUT2D eigenvalue weighted by atomic mass is 10.1. The second-order valence-electron chi connectivity index (χ2n) is 5.24. The van der Waals surface area contributed by atoms with Crippen LogP contribution in [0.4, 0.5) is 13.6 Å². The fraction of sp³-hybridized carbons (Fsp3) is 0.188. The monoisotopic (exact) mass is 367 g/mol. The smallest absolute Gasteiger partial charge is 0.329 e. The van der Waals surface area contributed by atoms with E-state index in [-0.39, 0.29) is 10.9 Å². The molecular weight excluding hydrogens is 352 g/mol. The minimum absolute atomic E-state index is 0.00796. The minimum atomic E-state index is -3.54. The zero-order valence-corrected chi connectivity index (χ0v) is 14.3. The van der Waals surface area contributed by atoms with Gasteiger partial charge in [0.25, 0.3) is 0 Å². The Morgan fingerprint density at radius 2 is 1.80 bits per heavy atom. The number of carbonyl (C=O) groups excluding carboxylic acids is 1. The van der Waals surface area contributed by atoms with E-state index in [2.05, 4.69) is 15.0 Å². The molecule has 0 atom stereocenters. The Morgan fingerprint density at radius 3 is 2.44 bits per heavy atom. The summed E-state index contributed by atoms with van der Waals surface area (Å²) in [6.07, 6.45) is -1.20. The average Bonchev–Trinajstić information content (AvgIpc) is 2.96. The highest BCUT2D eigenvalue weighted by Gasteiger charge is 2.21. The molecule has 132 valence electrons. The largest absolute Gasteiger partial charge is 0.483 e. The van der Waals surface area contributed by atoms with Crippen molar-refractivity contribution < 1.29 is 22.0 Å². The third-order valence-corrected chi connectivity index (χ3v) is 5.00. The van der Waals surface area contributed by atoms with Gasteiger partial charge in [-0.15, -0.1) is 8.78 Å². The van der Waals surface area contributed by atoms with Crippen molar-refractivity contribution in [3.8, 4) is 0 Å². The molecule has 3 aromatic rings. The van der Waals surface area contributed by atoms with Crippen molar-refractivity contribution in [2.24, 2.45) is 0 Å². The fourth-order valence-electron chi connectivity index (χ4n) is 2.16. The standard InChI is InChI=1S/C15H15N3O2S.CF2O/c1-10-7-8-16-14(11(10)2)9-21(19,20)15-17-12-5-3-4-6-13(12)18-15;2-1(3)4/h3-8H,9H2,1-2H3,(H,17,18);. The van der Waals surface area contributed by atoms with Gasteiger partial charge in [0.1, 0.15) is 5.75 Å². The molecule has 2 aromatic heterocycles. The number of imidazole rings is 1. The van der Waals surface area contributed by atoms with Gasteiger partial charge in [-0.1, -0.05) is 12.1 Å². The molecular formula is C16H15F2N3O3S. The first-order valence-electron chi connectivity index (χ1n) is 7.14. The van der Waals surface area contributed by atoms with Gasteiger partial charge in [0.05, 0.1) is 16.7 Å². The lowest BCUT2D eigenvalue weighted by Gasteiger charge is -2.06. The molecule has 0 amide bonds. The zero-order chi connectivity index (χ0) is 18.6. The van der Waals surface area contributed by atoms with Crippen LogP contribution in [0, 0.1) is 13.8 Å². The van der Waals surface area contributed by atoms with Gasteiger partial charge in [0, 0.05) is 6.20 Å². The predicted octanol–water partition coefficient (Wildman–Crippen LogP) is 3.59. The van der Waals surface area contributed by atoms with Crippen molar-refractivity contribution in [3.05, 3.63) is 53.3 Å². The predicted molar refractivity (Wildman–Crippen MR) is 88.3 cm³/mol. The Bertz CT molecular complexity index is 979. The quantitative estimate of drug-likeness (QED) is 0.714. The minimum Gasteiger partial charge on any atom is -0.329 e. The van der Waals surface area contributed by atoms with Gasteiger partial charge < -0.3 is 4.98 Å². The Morgan fingerprint density at radius 1 is 1.16 bits per heavy atom. The van der Waals surface area contributed by atoms with Gasteiger partial charge in [-0.3, -0.25) is 4.98 Å². The SMILES string of the molecule is Cc1ccnc(CS(=O)(=O)c2nc3ccccc3[nH]2)c1C.O=C(F)F. The van der Waals surface area contributed by atoms with Crippen LogP contribution in [0.25, 0.3) is 11.0 Å².